The molecule has 8 heteroatoms. The average Bonchev–Trinajstić information content (AvgIpc) is 2.81. The van der Waals surface area contributed by atoms with Gasteiger partial charge in [-0.3, -0.25) is 4.79 Å². The number of nitrogens with two attached hydrogens (primary N) is 1. The first kappa shape index (κ1) is 23.5. The Morgan fingerprint density at radius 1 is 1.00 bits per heavy atom. The summed E-state index contributed by atoms with van der Waals surface area (Å²) in [6.07, 6.45) is 4.78. The van der Waals surface area contributed by atoms with Gasteiger partial charge >= 0.3 is 0 Å². The molecule has 172 valence electrons. The Bertz CT molecular complexity index is 1170. The Labute approximate surface area is 193 Å². The number of benzene rings is 2. The lowest BCUT2D eigenvalue weighted by Crippen LogP contribution is -2.10. The van der Waals surface area contributed by atoms with E-state index in [1.165, 1.54) is 6.08 Å². The number of rotatable bonds is 8. The van der Waals surface area contributed by atoms with E-state index in [9.17, 15) is 4.79 Å². The summed E-state index contributed by atoms with van der Waals surface area (Å²) in [5.41, 5.74) is 10.7. The monoisotopic (exact) mass is 448 g/mol. The number of anilines is 4. The molecule has 8 nitrogen and oxygen atoms in total. The number of nitrogens with zero attached hydrogens (tertiary/aromatic N) is 1. The molecule has 3 aromatic rings. The molecule has 4 N–H and O–H groups in total. The zero-order chi connectivity index (χ0) is 24.0. The van der Waals surface area contributed by atoms with E-state index in [1.807, 2.05) is 32.0 Å². The second kappa shape index (κ2) is 10.4. The number of nitrogen functional groups attached to an aromatic ring is 1. The quantitative estimate of drug-likeness (QED) is 0.339. The van der Waals surface area contributed by atoms with E-state index in [0.717, 1.165) is 16.7 Å². The van der Waals surface area contributed by atoms with Gasteiger partial charge in [0.25, 0.3) is 0 Å². The molecule has 0 radical (unpaired) electrons. The van der Waals surface area contributed by atoms with Crippen LogP contribution in [0.25, 0.3) is 6.08 Å². The fourth-order valence-corrected chi connectivity index (χ4v) is 3.23. The SMILES string of the molecule is COc1cc(Nc2ncccc2/C=C/C(=O)Nc2cc(C)c(C)cc2N)cc(OC)c1OC. The first-order valence-electron chi connectivity index (χ1n) is 10.2. The van der Waals surface area contributed by atoms with Crippen LogP contribution < -0.4 is 30.6 Å². The summed E-state index contributed by atoms with van der Waals surface area (Å²) in [6.45, 7) is 3.94. The Hall–Kier alpha value is -4.20. The Morgan fingerprint density at radius 3 is 2.30 bits per heavy atom. The summed E-state index contributed by atoms with van der Waals surface area (Å²) in [4.78, 5) is 16.9. The fraction of sp³-hybridized carbons (Fsp3) is 0.200. The average molecular weight is 449 g/mol. The number of amides is 1. The van der Waals surface area contributed by atoms with Crippen molar-refractivity contribution in [3.05, 3.63) is 65.4 Å². The minimum atomic E-state index is -0.299. The molecule has 0 saturated heterocycles. The number of hydrogen-bond donors (Lipinski definition) is 3. The number of hydrogen-bond acceptors (Lipinski definition) is 7. The van der Waals surface area contributed by atoms with Gasteiger partial charge < -0.3 is 30.6 Å². The predicted octanol–water partition coefficient (Wildman–Crippen LogP) is 4.70. The molecule has 3 rings (SSSR count). The fourth-order valence-electron chi connectivity index (χ4n) is 3.23. The highest BCUT2D eigenvalue weighted by Gasteiger charge is 2.14. The smallest absolute Gasteiger partial charge is 0.248 e. The normalized spacial score (nSPS) is 10.7. The Balaban J connectivity index is 1.82. The minimum Gasteiger partial charge on any atom is -0.493 e. The number of nitrogens with one attached hydrogen (secondary N) is 2. The summed E-state index contributed by atoms with van der Waals surface area (Å²) < 4.78 is 16.2. The molecule has 0 aliphatic carbocycles. The molecule has 0 unspecified atom stereocenters. The molecule has 2 aromatic carbocycles. The van der Waals surface area contributed by atoms with Crippen LogP contribution in [0.2, 0.25) is 0 Å². The molecule has 0 saturated carbocycles. The lowest BCUT2D eigenvalue weighted by Gasteiger charge is -2.15. The van der Waals surface area contributed by atoms with Gasteiger partial charge in [0.2, 0.25) is 11.7 Å². The lowest BCUT2D eigenvalue weighted by atomic mass is 10.1. The van der Waals surface area contributed by atoms with Gasteiger partial charge in [0, 0.05) is 35.7 Å². The van der Waals surface area contributed by atoms with E-state index < -0.39 is 0 Å². The van der Waals surface area contributed by atoms with Crippen molar-refractivity contribution < 1.29 is 19.0 Å². The zero-order valence-corrected chi connectivity index (χ0v) is 19.4. The van der Waals surface area contributed by atoms with Crippen molar-refractivity contribution in [1.29, 1.82) is 0 Å². The van der Waals surface area contributed by atoms with Crippen LogP contribution in [-0.2, 0) is 4.79 Å². The standard InChI is InChI=1S/C25H28N4O4/c1-15-11-19(26)20(12-16(15)2)29-23(30)9-8-17-7-6-10-27-25(17)28-18-13-21(31-3)24(33-5)22(14-18)32-4/h6-14H,26H2,1-5H3,(H,27,28)(H,29,30)/b9-8+. The first-order chi connectivity index (χ1) is 15.9. The lowest BCUT2D eigenvalue weighted by molar-refractivity contribution is -0.111. The van der Waals surface area contributed by atoms with Crippen molar-refractivity contribution >= 4 is 34.9 Å². The molecule has 1 heterocycles. The summed E-state index contributed by atoms with van der Waals surface area (Å²) in [5, 5.41) is 6.06. The molecule has 0 aliphatic heterocycles. The van der Waals surface area contributed by atoms with Crippen LogP contribution >= 0.6 is 0 Å². The van der Waals surface area contributed by atoms with Gasteiger partial charge in [0.05, 0.1) is 32.7 Å². The number of pyridine rings is 1. The Morgan fingerprint density at radius 2 is 1.67 bits per heavy atom. The third-order valence-corrected chi connectivity index (χ3v) is 5.10. The van der Waals surface area contributed by atoms with Gasteiger partial charge in [-0.05, 0) is 55.3 Å². The van der Waals surface area contributed by atoms with Crippen molar-refractivity contribution in [3.8, 4) is 17.2 Å². The molecular weight excluding hydrogens is 420 g/mol. The molecule has 0 fully saturated rings. The molecule has 0 aliphatic rings. The van der Waals surface area contributed by atoms with Crippen LogP contribution in [0.4, 0.5) is 22.9 Å². The summed E-state index contributed by atoms with van der Waals surface area (Å²) >= 11 is 0. The van der Waals surface area contributed by atoms with E-state index >= 15 is 0 Å². The molecule has 0 atom stereocenters. The highest BCUT2D eigenvalue weighted by atomic mass is 16.5. The first-order valence-corrected chi connectivity index (χ1v) is 10.2. The van der Waals surface area contributed by atoms with Crippen LogP contribution in [0.15, 0.2) is 48.7 Å². The van der Waals surface area contributed by atoms with E-state index in [4.69, 9.17) is 19.9 Å². The number of ether oxygens (including phenoxy) is 3. The third kappa shape index (κ3) is 5.54. The number of carbonyl (C=O) groups excluding carboxylic acids is 1. The summed E-state index contributed by atoms with van der Waals surface area (Å²) in [7, 11) is 4.65. The third-order valence-electron chi connectivity index (χ3n) is 5.10. The van der Waals surface area contributed by atoms with Gasteiger partial charge in [0.15, 0.2) is 11.5 Å². The maximum absolute atomic E-state index is 12.5. The van der Waals surface area contributed by atoms with Gasteiger partial charge in [0.1, 0.15) is 5.82 Å². The second-order valence-corrected chi connectivity index (χ2v) is 7.33. The number of aryl methyl sites for hydroxylation is 2. The maximum atomic E-state index is 12.5. The Kier molecular flexibility index (Phi) is 7.40. The predicted molar refractivity (Wildman–Crippen MR) is 132 cm³/mol. The molecule has 33 heavy (non-hydrogen) atoms. The van der Waals surface area contributed by atoms with E-state index in [2.05, 4.69) is 15.6 Å². The van der Waals surface area contributed by atoms with Gasteiger partial charge in [-0.25, -0.2) is 4.98 Å². The number of aromatic nitrogens is 1. The van der Waals surface area contributed by atoms with Gasteiger partial charge in [-0.2, -0.15) is 0 Å². The van der Waals surface area contributed by atoms with Crippen LogP contribution in [0, 0.1) is 13.8 Å². The molecule has 0 spiro atoms. The van der Waals surface area contributed by atoms with Crippen molar-refractivity contribution in [1.82, 2.24) is 4.98 Å². The van der Waals surface area contributed by atoms with Crippen molar-refractivity contribution in [2.75, 3.05) is 37.7 Å². The molecule has 1 aromatic heterocycles. The largest absolute Gasteiger partial charge is 0.493 e. The second-order valence-electron chi connectivity index (χ2n) is 7.33. The van der Waals surface area contributed by atoms with E-state index in [0.29, 0.717) is 40.1 Å². The topological polar surface area (TPSA) is 108 Å². The number of carbonyl (C=O) groups is 1. The van der Waals surface area contributed by atoms with E-state index in [1.54, 1.807) is 51.8 Å². The van der Waals surface area contributed by atoms with Gasteiger partial charge in [-0.15, -0.1) is 0 Å². The molecular formula is C25H28N4O4. The minimum absolute atomic E-state index is 0.299. The van der Waals surface area contributed by atoms with Crippen molar-refractivity contribution in [2.45, 2.75) is 13.8 Å². The molecule has 0 bridgehead atoms. The van der Waals surface area contributed by atoms with Crippen molar-refractivity contribution in [2.24, 2.45) is 0 Å². The maximum Gasteiger partial charge on any atom is 0.248 e. The van der Waals surface area contributed by atoms with E-state index in [-0.39, 0.29) is 5.91 Å². The van der Waals surface area contributed by atoms with Crippen LogP contribution in [0.5, 0.6) is 17.2 Å². The van der Waals surface area contributed by atoms with Gasteiger partial charge in [-0.1, -0.05) is 0 Å². The summed E-state index contributed by atoms with van der Waals surface area (Å²) in [5.74, 6) is 1.78. The van der Waals surface area contributed by atoms with Crippen LogP contribution in [-0.4, -0.2) is 32.2 Å². The van der Waals surface area contributed by atoms with Crippen LogP contribution in [0.3, 0.4) is 0 Å². The van der Waals surface area contributed by atoms with Crippen molar-refractivity contribution in [3.63, 3.8) is 0 Å². The number of methoxy groups -OCH3 is 3. The highest BCUT2D eigenvalue weighted by molar-refractivity contribution is 6.04. The summed E-state index contributed by atoms with van der Waals surface area (Å²) in [6, 6.07) is 10.9. The molecule has 1 amide bonds. The van der Waals surface area contributed by atoms with Crippen LogP contribution in [0.1, 0.15) is 16.7 Å². The zero-order valence-electron chi connectivity index (χ0n) is 19.4. The highest BCUT2D eigenvalue weighted by Crippen LogP contribution is 2.40.